The number of aromatic amines is 1. The Labute approximate surface area is 152 Å². The van der Waals surface area contributed by atoms with Crippen LogP contribution in [-0.4, -0.2) is 22.7 Å². The van der Waals surface area contributed by atoms with Crippen LogP contribution in [0.5, 0.6) is 5.75 Å². The Morgan fingerprint density at radius 3 is 2.81 bits per heavy atom. The van der Waals surface area contributed by atoms with E-state index in [1.807, 2.05) is 30.3 Å². The highest BCUT2D eigenvalue weighted by atomic mass is 16.3. The molecule has 0 bridgehead atoms. The number of hydrogen-bond donors (Lipinski definition) is 3. The normalized spacial score (nSPS) is 17.5. The Hall–Kier alpha value is -2.59. The highest BCUT2D eigenvalue weighted by Crippen LogP contribution is 2.28. The molecule has 1 atom stereocenters. The molecule has 26 heavy (non-hydrogen) atoms. The van der Waals surface area contributed by atoms with Gasteiger partial charge in [0.05, 0.1) is 0 Å². The molecule has 3 aromatic rings. The van der Waals surface area contributed by atoms with Crippen molar-refractivity contribution in [3.63, 3.8) is 0 Å². The average Bonchev–Trinajstić information content (AvgIpc) is 2.67. The fourth-order valence-electron chi connectivity index (χ4n) is 3.87. The van der Waals surface area contributed by atoms with Crippen LogP contribution in [0.2, 0.25) is 0 Å². The first-order valence-corrected chi connectivity index (χ1v) is 9.37. The minimum Gasteiger partial charge on any atom is -0.508 e. The Balaban J connectivity index is 1.60. The van der Waals surface area contributed by atoms with Crippen LogP contribution in [0, 0.1) is 0 Å². The van der Waals surface area contributed by atoms with Gasteiger partial charge in [-0.3, -0.25) is 4.79 Å². The van der Waals surface area contributed by atoms with Gasteiger partial charge in [-0.1, -0.05) is 18.6 Å². The summed E-state index contributed by atoms with van der Waals surface area (Å²) >= 11 is 0. The maximum atomic E-state index is 11.9. The van der Waals surface area contributed by atoms with E-state index in [1.54, 1.807) is 12.3 Å². The molecule has 0 unspecified atom stereocenters. The Bertz CT molecular complexity index is 971. The van der Waals surface area contributed by atoms with Gasteiger partial charge < -0.3 is 15.4 Å². The van der Waals surface area contributed by atoms with Gasteiger partial charge in [-0.15, -0.1) is 0 Å². The third-order valence-electron chi connectivity index (χ3n) is 5.28. The number of fused-ring (bicyclic) bond motifs is 1. The molecule has 2 aromatic carbocycles. The molecule has 0 aliphatic carbocycles. The van der Waals surface area contributed by atoms with E-state index in [0.717, 1.165) is 41.5 Å². The molecule has 0 amide bonds. The van der Waals surface area contributed by atoms with Gasteiger partial charge in [0.2, 0.25) is 0 Å². The minimum absolute atomic E-state index is 0.0781. The summed E-state index contributed by atoms with van der Waals surface area (Å²) in [5, 5.41) is 15.3. The number of benzene rings is 2. The third-order valence-corrected chi connectivity index (χ3v) is 5.28. The van der Waals surface area contributed by atoms with E-state index < -0.39 is 0 Å². The Morgan fingerprint density at radius 2 is 1.96 bits per heavy atom. The van der Waals surface area contributed by atoms with Crippen LogP contribution in [-0.2, 0) is 6.42 Å². The first-order chi connectivity index (χ1) is 12.7. The highest BCUT2D eigenvalue weighted by molar-refractivity contribution is 5.86. The van der Waals surface area contributed by atoms with E-state index in [0.29, 0.717) is 17.2 Å². The van der Waals surface area contributed by atoms with Gasteiger partial charge in [0, 0.05) is 17.6 Å². The molecule has 1 aliphatic rings. The summed E-state index contributed by atoms with van der Waals surface area (Å²) in [6.07, 6.45) is 7.53. The number of H-pyrrole nitrogens is 1. The molecule has 2 heterocycles. The van der Waals surface area contributed by atoms with Gasteiger partial charge >= 0.3 is 0 Å². The Morgan fingerprint density at radius 1 is 1.04 bits per heavy atom. The van der Waals surface area contributed by atoms with Crippen LogP contribution in [0.25, 0.3) is 21.9 Å². The van der Waals surface area contributed by atoms with E-state index in [4.69, 9.17) is 0 Å². The van der Waals surface area contributed by atoms with Crippen molar-refractivity contribution in [1.82, 2.24) is 10.3 Å². The number of pyridine rings is 1. The van der Waals surface area contributed by atoms with E-state index in [9.17, 15) is 9.90 Å². The fourth-order valence-corrected chi connectivity index (χ4v) is 3.87. The van der Waals surface area contributed by atoms with Crippen molar-refractivity contribution < 1.29 is 5.11 Å². The summed E-state index contributed by atoms with van der Waals surface area (Å²) in [4.78, 5) is 14.6. The molecule has 1 saturated heterocycles. The molecule has 0 radical (unpaired) electrons. The molecule has 4 heteroatoms. The maximum absolute atomic E-state index is 11.9. The fraction of sp³-hybridized carbons (Fsp3) is 0.318. The monoisotopic (exact) mass is 348 g/mol. The first kappa shape index (κ1) is 16.9. The molecule has 4 rings (SSSR count). The largest absolute Gasteiger partial charge is 0.508 e. The zero-order valence-corrected chi connectivity index (χ0v) is 14.8. The van der Waals surface area contributed by atoms with Crippen molar-refractivity contribution in [1.29, 1.82) is 0 Å². The number of aromatic hydroxyl groups is 1. The van der Waals surface area contributed by atoms with Crippen molar-refractivity contribution in [2.75, 3.05) is 6.54 Å². The van der Waals surface area contributed by atoms with Crippen LogP contribution in [0.1, 0.15) is 31.2 Å². The lowest BCUT2D eigenvalue weighted by Gasteiger charge is -2.23. The smallest absolute Gasteiger partial charge is 0.255 e. The van der Waals surface area contributed by atoms with Crippen LogP contribution in [0.4, 0.5) is 0 Å². The zero-order valence-electron chi connectivity index (χ0n) is 14.8. The molecule has 0 spiro atoms. The summed E-state index contributed by atoms with van der Waals surface area (Å²) in [6, 6.07) is 14.1. The topological polar surface area (TPSA) is 65.1 Å². The van der Waals surface area contributed by atoms with E-state index in [1.165, 1.54) is 19.3 Å². The zero-order chi connectivity index (χ0) is 17.9. The lowest BCUT2D eigenvalue weighted by molar-refractivity contribution is 0.382. The molecular weight excluding hydrogens is 324 g/mol. The number of phenolic OH excluding ortho intramolecular Hbond substituents is 1. The third kappa shape index (κ3) is 3.65. The number of aryl methyl sites for hydroxylation is 1. The lowest BCUT2D eigenvalue weighted by Crippen LogP contribution is -2.34. The summed E-state index contributed by atoms with van der Waals surface area (Å²) < 4.78 is 0. The summed E-state index contributed by atoms with van der Waals surface area (Å²) in [5.41, 5.74) is 3.07. The lowest BCUT2D eigenvalue weighted by atomic mass is 9.95. The van der Waals surface area contributed by atoms with Crippen molar-refractivity contribution in [2.24, 2.45) is 0 Å². The minimum atomic E-state index is -0.0781. The highest BCUT2D eigenvalue weighted by Gasteiger charge is 2.13. The van der Waals surface area contributed by atoms with Crippen LogP contribution < -0.4 is 10.9 Å². The van der Waals surface area contributed by atoms with E-state index >= 15 is 0 Å². The molecular formula is C22H24N2O2. The van der Waals surface area contributed by atoms with E-state index in [-0.39, 0.29) is 5.56 Å². The van der Waals surface area contributed by atoms with Crippen LogP contribution >= 0.6 is 0 Å². The summed E-state index contributed by atoms with van der Waals surface area (Å²) in [7, 11) is 0. The second-order valence-corrected chi connectivity index (χ2v) is 7.18. The first-order valence-electron chi connectivity index (χ1n) is 9.37. The standard InChI is InChI=1S/C22H24N2O2/c25-20-12-15(4-6-19-3-1-2-9-23-19)11-18(14-20)16-5-7-21-17(13-16)8-10-24-22(21)26/h5,7-8,10-14,19,23,25H,1-4,6,9H2,(H,24,26)/t19-/m0/s1. The summed E-state index contributed by atoms with van der Waals surface area (Å²) in [5.74, 6) is 0.292. The van der Waals surface area contributed by atoms with E-state index in [2.05, 4.69) is 16.4 Å². The maximum Gasteiger partial charge on any atom is 0.255 e. The number of nitrogens with one attached hydrogen (secondary N) is 2. The predicted molar refractivity (Wildman–Crippen MR) is 106 cm³/mol. The number of hydrogen-bond acceptors (Lipinski definition) is 3. The van der Waals surface area contributed by atoms with Crippen molar-refractivity contribution in [3.05, 3.63) is 64.6 Å². The van der Waals surface area contributed by atoms with Gasteiger partial charge in [-0.2, -0.15) is 0 Å². The van der Waals surface area contributed by atoms with Gasteiger partial charge in [0.1, 0.15) is 5.75 Å². The molecule has 1 aromatic heterocycles. The number of piperidine rings is 1. The number of rotatable bonds is 4. The molecule has 4 nitrogen and oxygen atoms in total. The molecule has 0 saturated carbocycles. The van der Waals surface area contributed by atoms with Crippen LogP contribution in [0.15, 0.2) is 53.5 Å². The predicted octanol–water partition coefficient (Wildman–Crippen LogP) is 3.98. The van der Waals surface area contributed by atoms with Crippen LogP contribution in [0.3, 0.4) is 0 Å². The molecule has 3 N–H and O–H groups in total. The quantitative estimate of drug-likeness (QED) is 0.668. The second-order valence-electron chi connectivity index (χ2n) is 7.18. The molecule has 1 aliphatic heterocycles. The molecule has 1 fully saturated rings. The van der Waals surface area contributed by atoms with Crippen molar-refractivity contribution in [2.45, 2.75) is 38.1 Å². The van der Waals surface area contributed by atoms with Gasteiger partial charge in [0.25, 0.3) is 5.56 Å². The molecule has 134 valence electrons. The summed E-state index contributed by atoms with van der Waals surface area (Å²) in [6.45, 7) is 1.12. The van der Waals surface area contributed by atoms with Gasteiger partial charge in [0.15, 0.2) is 0 Å². The second kappa shape index (κ2) is 7.34. The van der Waals surface area contributed by atoms with Gasteiger partial charge in [-0.05, 0) is 84.6 Å². The van der Waals surface area contributed by atoms with Crippen molar-refractivity contribution in [3.8, 4) is 16.9 Å². The average molecular weight is 348 g/mol. The van der Waals surface area contributed by atoms with Crippen molar-refractivity contribution >= 4 is 10.8 Å². The van der Waals surface area contributed by atoms with Gasteiger partial charge in [-0.25, -0.2) is 0 Å². The number of phenols is 1. The number of aromatic nitrogens is 1. The SMILES string of the molecule is O=c1[nH]ccc2cc(-c3cc(O)cc(CC[C@@H]4CCCCN4)c3)ccc12. The Kier molecular flexibility index (Phi) is 4.76.